The van der Waals surface area contributed by atoms with Gasteiger partial charge in [-0.3, -0.25) is 9.52 Å². The lowest BCUT2D eigenvalue weighted by atomic mass is 10.1. The molecule has 2 aromatic rings. The van der Waals surface area contributed by atoms with Crippen LogP contribution in [-0.4, -0.2) is 32.3 Å². The minimum atomic E-state index is -3.93. The van der Waals surface area contributed by atoms with E-state index in [2.05, 4.69) is 4.72 Å². The molecule has 0 aliphatic heterocycles. The molecule has 138 valence electrons. The third-order valence-corrected chi connectivity index (χ3v) is 6.15. The van der Waals surface area contributed by atoms with Crippen molar-refractivity contribution in [1.82, 2.24) is 4.90 Å². The minimum Gasteiger partial charge on any atom is -0.339 e. The number of rotatable bonds is 6. The summed E-state index contributed by atoms with van der Waals surface area (Å²) in [5.41, 5.74) is 0.301. The van der Waals surface area contributed by atoms with Crippen LogP contribution in [0.25, 0.3) is 0 Å². The van der Waals surface area contributed by atoms with Crippen molar-refractivity contribution in [2.45, 2.75) is 30.7 Å². The van der Waals surface area contributed by atoms with Gasteiger partial charge >= 0.3 is 0 Å². The third kappa shape index (κ3) is 3.88. The highest BCUT2D eigenvalue weighted by molar-refractivity contribution is 7.92. The lowest BCUT2D eigenvalue weighted by Gasteiger charge is -2.25. The summed E-state index contributed by atoms with van der Waals surface area (Å²) in [5.74, 6) is -0.248. The summed E-state index contributed by atoms with van der Waals surface area (Å²) in [6, 6.07) is 11.4. The molecule has 3 rings (SSSR count). The maximum atomic E-state index is 13.7. The molecule has 5 nitrogen and oxygen atoms in total. The number of sulfonamides is 1. The first kappa shape index (κ1) is 18.4. The van der Waals surface area contributed by atoms with E-state index in [9.17, 15) is 17.6 Å². The van der Waals surface area contributed by atoms with Crippen LogP contribution in [0.4, 0.5) is 10.1 Å². The summed E-state index contributed by atoms with van der Waals surface area (Å²) in [5, 5.41) is 0. The minimum absolute atomic E-state index is 0.0322. The second-order valence-corrected chi connectivity index (χ2v) is 8.29. The Bertz CT molecular complexity index is 909. The molecule has 0 saturated heterocycles. The zero-order valence-electron chi connectivity index (χ0n) is 14.6. The van der Waals surface area contributed by atoms with Gasteiger partial charge in [-0.1, -0.05) is 12.1 Å². The fourth-order valence-electron chi connectivity index (χ4n) is 2.81. The Morgan fingerprint density at radius 2 is 1.77 bits per heavy atom. The number of carbonyl (C=O) groups excluding carboxylic acids is 1. The van der Waals surface area contributed by atoms with E-state index >= 15 is 0 Å². The van der Waals surface area contributed by atoms with Gasteiger partial charge in [-0.15, -0.1) is 0 Å². The van der Waals surface area contributed by atoms with Crippen molar-refractivity contribution in [2.75, 3.05) is 11.8 Å². The maximum Gasteiger partial charge on any atom is 0.261 e. The van der Waals surface area contributed by atoms with Gasteiger partial charge in [-0.05, 0) is 62.1 Å². The van der Waals surface area contributed by atoms with Crippen LogP contribution in [0.1, 0.15) is 30.1 Å². The van der Waals surface area contributed by atoms with Crippen LogP contribution >= 0.6 is 0 Å². The lowest BCUT2D eigenvalue weighted by molar-refractivity contribution is 0.0727. The van der Waals surface area contributed by atoms with Crippen LogP contribution in [0.2, 0.25) is 0 Å². The third-order valence-electron chi connectivity index (χ3n) is 4.77. The zero-order valence-corrected chi connectivity index (χ0v) is 15.5. The highest BCUT2D eigenvalue weighted by Gasteiger charge is 2.32. The van der Waals surface area contributed by atoms with E-state index < -0.39 is 15.8 Å². The molecule has 0 spiro atoms. The Balaban J connectivity index is 1.76. The number of amides is 1. The van der Waals surface area contributed by atoms with Crippen molar-refractivity contribution in [1.29, 1.82) is 0 Å². The largest absolute Gasteiger partial charge is 0.339 e. The predicted molar refractivity (Wildman–Crippen MR) is 97.9 cm³/mol. The van der Waals surface area contributed by atoms with Gasteiger partial charge in [0.1, 0.15) is 5.82 Å². The van der Waals surface area contributed by atoms with E-state index in [0.29, 0.717) is 11.5 Å². The number of carbonyl (C=O) groups is 1. The molecule has 1 N–H and O–H groups in total. The molecule has 0 aromatic heterocycles. The topological polar surface area (TPSA) is 66.5 Å². The Kier molecular flexibility index (Phi) is 5.00. The van der Waals surface area contributed by atoms with Gasteiger partial charge in [-0.25, -0.2) is 12.8 Å². The molecular weight excluding hydrogens is 355 g/mol. The molecule has 0 bridgehead atoms. The van der Waals surface area contributed by atoms with Gasteiger partial charge in [0.15, 0.2) is 0 Å². The molecule has 1 atom stereocenters. The predicted octanol–water partition coefficient (Wildman–Crippen LogP) is 3.50. The molecule has 1 aliphatic carbocycles. The van der Waals surface area contributed by atoms with Crippen molar-refractivity contribution in [3.05, 3.63) is 59.9 Å². The number of halogens is 1. The standard InChI is InChI=1S/C19H21FN2O3S/c1-13(14-7-8-14)22(2)19(23)15-9-11-16(12-10-15)26(24,25)21-18-6-4-3-5-17(18)20/h3-6,9-14,21H,7-8H2,1-2H3. The van der Waals surface area contributed by atoms with Crippen LogP contribution in [-0.2, 0) is 10.0 Å². The number of hydrogen-bond acceptors (Lipinski definition) is 3. The number of benzene rings is 2. The quantitative estimate of drug-likeness (QED) is 0.839. The van der Waals surface area contributed by atoms with Crippen molar-refractivity contribution in [2.24, 2.45) is 5.92 Å². The highest BCUT2D eigenvalue weighted by atomic mass is 32.2. The monoisotopic (exact) mass is 376 g/mol. The Morgan fingerprint density at radius 1 is 1.15 bits per heavy atom. The van der Waals surface area contributed by atoms with Gasteiger partial charge < -0.3 is 4.90 Å². The van der Waals surface area contributed by atoms with Crippen molar-refractivity contribution >= 4 is 21.6 Å². The van der Waals surface area contributed by atoms with E-state index in [-0.39, 0.29) is 22.5 Å². The normalized spacial score (nSPS) is 15.3. The number of nitrogens with zero attached hydrogens (tertiary/aromatic N) is 1. The van der Waals surface area contributed by atoms with Crippen LogP contribution in [0.3, 0.4) is 0 Å². The van der Waals surface area contributed by atoms with Crippen LogP contribution in [0, 0.1) is 11.7 Å². The number of hydrogen-bond donors (Lipinski definition) is 1. The number of nitrogens with one attached hydrogen (secondary N) is 1. The molecule has 1 fully saturated rings. The van der Waals surface area contributed by atoms with Gasteiger partial charge in [-0.2, -0.15) is 0 Å². The molecule has 0 radical (unpaired) electrons. The molecule has 1 amide bonds. The van der Waals surface area contributed by atoms with Crippen LogP contribution < -0.4 is 4.72 Å². The maximum absolute atomic E-state index is 13.7. The highest BCUT2D eigenvalue weighted by Crippen LogP contribution is 2.35. The summed E-state index contributed by atoms with van der Waals surface area (Å²) in [7, 11) is -2.17. The van der Waals surface area contributed by atoms with E-state index in [4.69, 9.17) is 0 Å². The molecule has 26 heavy (non-hydrogen) atoms. The van der Waals surface area contributed by atoms with Crippen molar-refractivity contribution in [3.63, 3.8) is 0 Å². The second kappa shape index (κ2) is 7.07. The van der Waals surface area contributed by atoms with E-state index in [1.165, 1.54) is 42.5 Å². The molecule has 1 unspecified atom stereocenters. The van der Waals surface area contributed by atoms with Gasteiger partial charge in [0, 0.05) is 18.7 Å². The van der Waals surface area contributed by atoms with E-state index in [0.717, 1.165) is 12.8 Å². The zero-order chi connectivity index (χ0) is 18.9. The Hall–Kier alpha value is -2.41. The Labute approximate surface area is 152 Å². The molecule has 1 aliphatic rings. The van der Waals surface area contributed by atoms with Crippen LogP contribution in [0.5, 0.6) is 0 Å². The summed E-state index contributed by atoms with van der Waals surface area (Å²) in [6.07, 6.45) is 2.27. The van der Waals surface area contributed by atoms with Crippen molar-refractivity contribution < 1.29 is 17.6 Å². The van der Waals surface area contributed by atoms with Crippen molar-refractivity contribution in [3.8, 4) is 0 Å². The van der Waals surface area contributed by atoms with Gasteiger partial charge in [0.05, 0.1) is 10.6 Å². The fourth-order valence-corrected chi connectivity index (χ4v) is 3.88. The number of anilines is 1. The summed E-state index contributed by atoms with van der Waals surface area (Å²) >= 11 is 0. The summed E-state index contributed by atoms with van der Waals surface area (Å²) in [4.78, 5) is 14.2. The molecule has 1 saturated carbocycles. The van der Waals surface area contributed by atoms with Gasteiger partial charge in [0.2, 0.25) is 0 Å². The number of para-hydroxylation sites is 1. The molecule has 2 aromatic carbocycles. The lowest BCUT2D eigenvalue weighted by Crippen LogP contribution is -2.36. The second-order valence-electron chi connectivity index (χ2n) is 6.60. The smallest absolute Gasteiger partial charge is 0.261 e. The fraction of sp³-hybridized carbons (Fsp3) is 0.316. The molecule has 7 heteroatoms. The van der Waals surface area contributed by atoms with E-state index in [1.54, 1.807) is 18.0 Å². The summed E-state index contributed by atoms with van der Waals surface area (Å²) < 4.78 is 40.7. The summed E-state index contributed by atoms with van der Waals surface area (Å²) in [6.45, 7) is 2.02. The first-order valence-electron chi connectivity index (χ1n) is 8.44. The SMILES string of the molecule is CC(C1CC1)N(C)C(=O)c1ccc(S(=O)(=O)Nc2ccccc2F)cc1. The van der Waals surface area contributed by atoms with E-state index in [1.807, 2.05) is 6.92 Å². The van der Waals surface area contributed by atoms with Crippen LogP contribution in [0.15, 0.2) is 53.4 Å². The molecular formula is C19H21FN2O3S. The van der Waals surface area contributed by atoms with Gasteiger partial charge in [0.25, 0.3) is 15.9 Å². The first-order valence-corrected chi connectivity index (χ1v) is 9.92. The Morgan fingerprint density at radius 3 is 2.35 bits per heavy atom. The average molecular weight is 376 g/mol. The first-order chi connectivity index (χ1) is 12.3. The molecule has 0 heterocycles. The average Bonchev–Trinajstić information content (AvgIpc) is 3.47.